The Morgan fingerprint density at radius 3 is 2.07 bits per heavy atom. The number of thioether (sulfide) groups is 1. The Labute approximate surface area is 93.0 Å². The molecule has 2 fully saturated rings. The molecule has 0 N–H and O–H groups in total. The fourth-order valence-electron chi connectivity index (χ4n) is 2.33. The molecule has 1 spiro atoms. The molecule has 0 saturated carbocycles. The summed E-state index contributed by atoms with van der Waals surface area (Å²) in [5.41, 5.74) is 0. The first-order valence-corrected chi connectivity index (χ1v) is 6.70. The highest BCUT2D eigenvalue weighted by Gasteiger charge is 2.39. The van der Waals surface area contributed by atoms with Crippen LogP contribution in [-0.4, -0.2) is 60.6 Å². The van der Waals surface area contributed by atoms with Gasteiger partial charge >= 0.3 is 0 Å². The van der Waals surface area contributed by atoms with E-state index in [1.165, 1.54) is 38.4 Å². The Bertz CT molecular complexity index is 171. The molecule has 2 aliphatic heterocycles. The molecule has 1 atom stereocenters. The van der Waals surface area contributed by atoms with Crippen molar-refractivity contribution in [2.45, 2.75) is 25.0 Å². The van der Waals surface area contributed by atoms with Gasteiger partial charge in [-0.05, 0) is 27.1 Å². The molecule has 3 heteroatoms. The van der Waals surface area contributed by atoms with Gasteiger partial charge in [-0.15, -0.1) is 0 Å². The van der Waals surface area contributed by atoms with Gasteiger partial charge in [0.25, 0.3) is 0 Å². The third kappa shape index (κ3) is 2.88. The van der Waals surface area contributed by atoms with Crippen LogP contribution in [0.1, 0.15) is 20.3 Å². The smallest absolute Gasteiger partial charge is 0.0426 e. The fraction of sp³-hybridized carbons (Fsp3) is 1.00. The highest BCUT2D eigenvalue weighted by molar-refractivity contribution is 8.00. The Kier molecular flexibility index (Phi) is 4.74. The molecule has 2 rings (SSSR count). The van der Waals surface area contributed by atoms with Crippen LogP contribution in [0.2, 0.25) is 0 Å². The van der Waals surface area contributed by atoms with Gasteiger partial charge in [0.05, 0.1) is 0 Å². The van der Waals surface area contributed by atoms with Crippen LogP contribution in [0.25, 0.3) is 0 Å². The van der Waals surface area contributed by atoms with Gasteiger partial charge in [0.2, 0.25) is 0 Å². The molecule has 0 aromatic rings. The van der Waals surface area contributed by atoms with Gasteiger partial charge in [-0.25, -0.2) is 0 Å². The molecule has 84 valence electrons. The molecule has 0 radical (unpaired) electrons. The molecule has 2 heterocycles. The van der Waals surface area contributed by atoms with Crippen molar-refractivity contribution in [2.24, 2.45) is 0 Å². The molecule has 0 aliphatic carbocycles. The summed E-state index contributed by atoms with van der Waals surface area (Å²) in [4.78, 5) is 4.95. The number of rotatable bonds is 0. The quantitative estimate of drug-likeness (QED) is 0.609. The zero-order valence-electron chi connectivity index (χ0n) is 10.0. The fourth-order valence-corrected chi connectivity index (χ4v) is 4.02. The molecule has 2 saturated heterocycles. The molecule has 0 aromatic carbocycles. The van der Waals surface area contributed by atoms with Crippen molar-refractivity contribution in [3.8, 4) is 0 Å². The van der Waals surface area contributed by atoms with Crippen LogP contribution < -0.4 is 0 Å². The van der Waals surface area contributed by atoms with Gasteiger partial charge < -0.3 is 9.80 Å². The molecule has 0 aromatic heterocycles. The first-order chi connectivity index (χ1) is 6.70. The molecule has 2 aliphatic rings. The first kappa shape index (κ1) is 12.3. The summed E-state index contributed by atoms with van der Waals surface area (Å²) in [6.07, 6.45) is 1.39. The van der Waals surface area contributed by atoms with E-state index in [9.17, 15) is 0 Å². The maximum Gasteiger partial charge on any atom is 0.0426 e. The van der Waals surface area contributed by atoms with E-state index < -0.39 is 0 Å². The van der Waals surface area contributed by atoms with Crippen molar-refractivity contribution in [1.82, 2.24) is 9.80 Å². The second kappa shape index (κ2) is 5.38. The van der Waals surface area contributed by atoms with Crippen LogP contribution in [0.3, 0.4) is 0 Å². The Balaban J connectivity index is 0.000000461. The van der Waals surface area contributed by atoms with Crippen molar-refractivity contribution < 1.29 is 0 Å². The highest BCUT2D eigenvalue weighted by atomic mass is 32.2. The zero-order chi connectivity index (χ0) is 10.6. The second-order valence-corrected chi connectivity index (χ2v) is 5.82. The van der Waals surface area contributed by atoms with Crippen molar-refractivity contribution in [3.63, 3.8) is 0 Å². The Morgan fingerprint density at radius 2 is 1.57 bits per heavy atom. The van der Waals surface area contributed by atoms with E-state index in [1.807, 2.05) is 13.8 Å². The van der Waals surface area contributed by atoms with Crippen LogP contribution in [0.5, 0.6) is 0 Å². The van der Waals surface area contributed by atoms with Gasteiger partial charge in [-0.1, -0.05) is 13.8 Å². The zero-order valence-corrected chi connectivity index (χ0v) is 10.9. The molecular formula is C11H24N2S. The van der Waals surface area contributed by atoms with Crippen molar-refractivity contribution in [1.29, 1.82) is 0 Å². The van der Waals surface area contributed by atoms with Crippen molar-refractivity contribution in [3.05, 3.63) is 0 Å². The molecular weight excluding hydrogens is 192 g/mol. The lowest BCUT2D eigenvalue weighted by atomic mass is 10.1. The van der Waals surface area contributed by atoms with Crippen molar-refractivity contribution >= 4 is 11.8 Å². The minimum atomic E-state index is 0.585. The van der Waals surface area contributed by atoms with E-state index in [2.05, 4.69) is 35.7 Å². The van der Waals surface area contributed by atoms with E-state index in [0.717, 1.165) is 0 Å². The standard InChI is InChI=1S/C9H18N2S.C2H6/c1-10-4-3-9(7-10)8-11(2)5-6-12-9;1-2/h3-8H2,1-2H3;1-2H3. The Morgan fingerprint density at radius 1 is 1.00 bits per heavy atom. The number of likely N-dealkylation sites (tertiary alicyclic amines) is 1. The van der Waals surface area contributed by atoms with E-state index >= 15 is 0 Å². The predicted molar refractivity (Wildman–Crippen MR) is 66.1 cm³/mol. The van der Waals surface area contributed by atoms with E-state index in [1.54, 1.807) is 0 Å². The van der Waals surface area contributed by atoms with Crippen LogP contribution in [0.4, 0.5) is 0 Å². The van der Waals surface area contributed by atoms with Gasteiger partial charge in [0.1, 0.15) is 0 Å². The number of hydrogen-bond acceptors (Lipinski definition) is 3. The van der Waals surface area contributed by atoms with Crippen LogP contribution in [-0.2, 0) is 0 Å². The van der Waals surface area contributed by atoms with E-state index in [-0.39, 0.29) is 0 Å². The van der Waals surface area contributed by atoms with Gasteiger partial charge in [0.15, 0.2) is 0 Å². The highest BCUT2D eigenvalue weighted by Crippen LogP contribution is 2.37. The maximum atomic E-state index is 2.48. The summed E-state index contributed by atoms with van der Waals surface area (Å²) in [5.74, 6) is 1.32. The van der Waals surface area contributed by atoms with Crippen LogP contribution >= 0.6 is 11.8 Å². The summed E-state index contributed by atoms with van der Waals surface area (Å²) >= 11 is 2.20. The third-order valence-electron chi connectivity index (χ3n) is 2.95. The van der Waals surface area contributed by atoms with Gasteiger partial charge in [0, 0.05) is 30.1 Å². The Hall–Kier alpha value is 0.270. The average Bonchev–Trinajstić information content (AvgIpc) is 2.50. The minimum absolute atomic E-state index is 0.585. The summed E-state index contributed by atoms with van der Waals surface area (Å²) in [5, 5.41) is 0. The molecule has 0 bridgehead atoms. The summed E-state index contributed by atoms with van der Waals surface area (Å²) in [6, 6.07) is 0. The van der Waals surface area contributed by atoms with Gasteiger partial charge in [-0.2, -0.15) is 11.8 Å². The topological polar surface area (TPSA) is 6.48 Å². The van der Waals surface area contributed by atoms with Gasteiger partial charge in [-0.3, -0.25) is 0 Å². The lowest BCUT2D eigenvalue weighted by molar-refractivity contribution is 0.293. The van der Waals surface area contributed by atoms with Crippen LogP contribution in [0, 0.1) is 0 Å². The SMILES string of the molecule is CC.CN1CCSC2(CCN(C)C2)C1. The van der Waals surface area contributed by atoms with Crippen LogP contribution in [0.15, 0.2) is 0 Å². The second-order valence-electron chi connectivity index (χ2n) is 4.26. The van der Waals surface area contributed by atoms with E-state index in [0.29, 0.717) is 4.75 Å². The molecule has 2 nitrogen and oxygen atoms in total. The summed E-state index contributed by atoms with van der Waals surface area (Å²) in [7, 11) is 4.49. The molecule has 14 heavy (non-hydrogen) atoms. The number of nitrogens with zero attached hydrogens (tertiary/aromatic N) is 2. The monoisotopic (exact) mass is 216 g/mol. The number of hydrogen-bond donors (Lipinski definition) is 0. The largest absolute Gasteiger partial charge is 0.305 e. The summed E-state index contributed by atoms with van der Waals surface area (Å²) in [6.45, 7) is 9.15. The summed E-state index contributed by atoms with van der Waals surface area (Å²) < 4.78 is 0.585. The van der Waals surface area contributed by atoms with Crippen molar-refractivity contribution in [2.75, 3.05) is 46.0 Å². The predicted octanol–water partition coefficient (Wildman–Crippen LogP) is 1.77. The molecule has 0 amide bonds. The third-order valence-corrected chi connectivity index (χ3v) is 4.41. The first-order valence-electron chi connectivity index (χ1n) is 5.71. The average molecular weight is 216 g/mol. The lowest BCUT2D eigenvalue weighted by Gasteiger charge is -2.37. The van der Waals surface area contributed by atoms with E-state index in [4.69, 9.17) is 0 Å². The maximum absolute atomic E-state index is 2.48. The minimum Gasteiger partial charge on any atom is -0.305 e. The molecule has 1 unspecified atom stereocenters. The lowest BCUT2D eigenvalue weighted by Crippen LogP contribution is -2.46. The normalized spacial score (nSPS) is 34.3.